The first kappa shape index (κ1) is 25.0. The molecule has 0 amide bonds. The molecular formula is C27H27ClFN3O2. The van der Waals surface area contributed by atoms with Gasteiger partial charge in [0.25, 0.3) is 0 Å². The van der Waals surface area contributed by atoms with Crippen molar-refractivity contribution in [1.29, 1.82) is 5.41 Å². The maximum atomic E-state index is 13.7. The van der Waals surface area contributed by atoms with E-state index in [9.17, 15) is 14.3 Å². The smallest absolute Gasteiger partial charge is 0.335 e. The predicted octanol–water partition coefficient (Wildman–Crippen LogP) is 7.52. The van der Waals surface area contributed by atoms with E-state index in [-0.39, 0.29) is 17.3 Å². The first-order valence-electron chi connectivity index (χ1n) is 11.0. The summed E-state index contributed by atoms with van der Waals surface area (Å²) in [7, 11) is 0. The number of halogens is 2. The summed E-state index contributed by atoms with van der Waals surface area (Å²) in [5.74, 6) is -1.37. The van der Waals surface area contributed by atoms with E-state index < -0.39 is 5.97 Å². The summed E-state index contributed by atoms with van der Waals surface area (Å²) in [5.41, 5.74) is 11.3. The van der Waals surface area contributed by atoms with Crippen LogP contribution in [0.15, 0.2) is 54.6 Å². The minimum atomic E-state index is -1.06. The van der Waals surface area contributed by atoms with Crippen molar-refractivity contribution in [2.45, 2.75) is 33.6 Å². The molecule has 0 saturated heterocycles. The average molecular weight is 480 g/mol. The highest BCUT2D eigenvalue weighted by Crippen LogP contribution is 2.44. The van der Waals surface area contributed by atoms with E-state index in [4.69, 9.17) is 22.7 Å². The number of nitrogens with one attached hydrogen (secondary N) is 1. The van der Waals surface area contributed by atoms with Gasteiger partial charge in [0.05, 0.1) is 11.1 Å². The van der Waals surface area contributed by atoms with E-state index in [1.54, 1.807) is 24.3 Å². The topological polar surface area (TPSA) is 92.1 Å². The standard InChI is InChI=1S/C25H21ClFN3O2.C2H6/c1-13(2)24-23(18-8-3-14(25(31)32)9-20(18)26)19-11-21(29)15(12-28)10-22(19)30(24)17-6-4-16(27)5-7-17;1-2/h3-13,28H,29H2,1-2H3,(H,31,32);1-2H3. The summed E-state index contributed by atoms with van der Waals surface area (Å²) in [4.78, 5) is 11.4. The Morgan fingerprint density at radius 3 is 2.29 bits per heavy atom. The fourth-order valence-corrected chi connectivity index (χ4v) is 4.34. The van der Waals surface area contributed by atoms with Crippen molar-refractivity contribution in [3.05, 3.63) is 82.3 Å². The molecule has 176 valence electrons. The number of aromatic nitrogens is 1. The molecule has 0 aliphatic carbocycles. The molecule has 3 aromatic carbocycles. The van der Waals surface area contributed by atoms with Gasteiger partial charge in [-0.2, -0.15) is 0 Å². The fourth-order valence-electron chi connectivity index (χ4n) is 4.06. The van der Waals surface area contributed by atoms with Crippen molar-refractivity contribution >= 4 is 40.4 Å². The lowest BCUT2D eigenvalue weighted by molar-refractivity contribution is 0.0697. The Kier molecular flexibility index (Phi) is 7.42. The van der Waals surface area contributed by atoms with E-state index in [2.05, 4.69) is 0 Å². The molecular weight excluding hydrogens is 453 g/mol. The Balaban J connectivity index is 0.00000158. The minimum Gasteiger partial charge on any atom is -0.478 e. The molecule has 0 unspecified atom stereocenters. The number of carbonyl (C=O) groups is 1. The van der Waals surface area contributed by atoms with Crippen LogP contribution in [0, 0.1) is 11.2 Å². The first-order chi connectivity index (χ1) is 16.2. The van der Waals surface area contributed by atoms with Crippen LogP contribution in [0.4, 0.5) is 10.1 Å². The Labute approximate surface area is 203 Å². The van der Waals surface area contributed by atoms with Gasteiger partial charge in [0.2, 0.25) is 0 Å². The van der Waals surface area contributed by atoms with Gasteiger partial charge in [0.1, 0.15) is 5.82 Å². The second-order valence-corrected chi connectivity index (χ2v) is 8.28. The van der Waals surface area contributed by atoms with Gasteiger partial charge in [-0.05, 0) is 54.4 Å². The van der Waals surface area contributed by atoms with Gasteiger partial charge in [-0.15, -0.1) is 0 Å². The van der Waals surface area contributed by atoms with Crippen molar-refractivity contribution in [2.75, 3.05) is 5.73 Å². The van der Waals surface area contributed by atoms with Crippen LogP contribution >= 0.6 is 11.6 Å². The third-order valence-corrected chi connectivity index (χ3v) is 5.79. The molecule has 0 aliphatic rings. The summed E-state index contributed by atoms with van der Waals surface area (Å²) in [5, 5.41) is 18.2. The van der Waals surface area contributed by atoms with Crippen molar-refractivity contribution < 1.29 is 14.3 Å². The van der Waals surface area contributed by atoms with Gasteiger partial charge in [-0.3, -0.25) is 0 Å². The molecule has 0 fully saturated rings. The monoisotopic (exact) mass is 479 g/mol. The summed E-state index contributed by atoms with van der Waals surface area (Å²) in [6, 6.07) is 14.5. The highest BCUT2D eigenvalue weighted by molar-refractivity contribution is 6.34. The van der Waals surface area contributed by atoms with Crippen molar-refractivity contribution in [1.82, 2.24) is 4.57 Å². The Morgan fingerprint density at radius 1 is 1.12 bits per heavy atom. The van der Waals surface area contributed by atoms with Crippen molar-refractivity contribution in [3.8, 4) is 16.8 Å². The van der Waals surface area contributed by atoms with E-state index in [0.717, 1.165) is 27.8 Å². The highest BCUT2D eigenvalue weighted by atomic mass is 35.5. The average Bonchev–Trinajstić information content (AvgIpc) is 3.14. The molecule has 0 bridgehead atoms. The van der Waals surface area contributed by atoms with Crippen LogP contribution in [0.2, 0.25) is 5.02 Å². The fraction of sp³-hybridized carbons (Fsp3) is 0.185. The number of hydrogen-bond acceptors (Lipinski definition) is 3. The SMILES string of the molecule is CC.CC(C)c1c(-c2ccc(C(=O)O)cc2Cl)c2cc(N)c(C=N)cc2n1-c1ccc(F)cc1. The third kappa shape index (κ3) is 4.41. The van der Waals surface area contributed by atoms with E-state index in [1.807, 2.05) is 38.3 Å². The zero-order valence-corrected chi connectivity index (χ0v) is 20.2. The quantitative estimate of drug-likeness (QED) is 0.204. The lowest BCUT2D eigenvalue weighted by Crippen LogP contribution is -2.04. The van der Waals surface area contributed by atoms with Gasteiger partial charge in [0.15, 0.2) is 0 Å². The van der Waals surface area contributed by atoms with Gasteiger partial charge in [-0.1, -0.05) is 45.4 Å². The molecule has 0 radical (unpaired) electrons. The molecule has 4 aromatic rings. The number of benzene rings is 3. The van der Waals surface area contributed by atoms with E-state index in [0.29, 0.717) is 21.8 Å². The molecule has 0 aliphatic heterocycles. The number of rotatable bonds is 5. The number of nitrogen functional groups attached to an aromatic ring is 1. The molecule has 1 heterocycles. The van der Waals surface area contributed by atoms with Crippen LogP contribution in [0.3, 0.4) is 0 Å². The third-order valence-electron chi connectivity index (χ3n) is 5.48. The van der Waals surface area contributed by atoms with Crippen molar-refractivity contribution in [2.24, 2.45) is 0 Å². The van der Waals surface area contributed by atoms with Crippen LogP contribution in [-0.4, -0.2) is 21.9 Å². The van der Waals surface area contributed by atoms with Crippen LogP contribution in [0.5, 0.6) is 0 Å². The number of hydrogen-bond donors (Lipinski definition) is 3. The molecule has 34 heavy (non-hydrogen) atoms. The number of fused-ring (bicyclic) bond motifs is 1. The van der Waals surface area contributed by atoms with Gasteiger partial charge >= 0.3 is 5.97 Å². The van der Waals surface area contributed by atoms with E-state index in [1.165, 1.54) is 30.5 Å². The Morgan fingerprint density at radius 2 is 1.76 bits per heavy atom. The van der Waals surface area contributed by atoms with E-state index >= 15 is 0 Å². The molecule has 1 aromatic heterocycles. The zero-order chi connectivity index (χ0) is 25.2. The second-order valence-electron chi connectivity index (χ2n) is 7.87. The molecule has 0 spiro atoms. The number of carboxylic acids is 1. The van der Waals surface area contributed by atoms with Crippen molar-refractivity contribution in [3.63, 3.8) is 0 Å². The number of nitrogens with zero attached hydrogens (tertiary/aromatic N) is 1. The number of nitrogens with two attached hydrogens (primary N) is 1. The molecule has 0 saturated carbocycles. The molecule has 7 heteroatoms. The summed E-state index contributed by atoms with van der Waals surface area (Å²) in [6.45, 7) is 8.08. The lowest BCUT2D eigenvalue weighted by atomic mass is 9.95. The predicted molar refractivity (Wildman–Crippen MR) is 138 cm³/mol. The minimum absolute atomic E-state index is 0.0299. The summed E-state index contributed by atoms with van der Waals surface area (Å²) in [6.07, 6.45) is 1.19. The van der Waals surface area contributed by atoms with Crippen LogP contribution in [0.25, 0.3) is 27.7 Å². The van der Waals surface area contributed by atoms with Crippen LogP contribution < -0.4 is 5.73 Å². The Bertz CT molecular complexity index is 1380. The van der Waals surface area contributed by atoms with Crippen LogP contribution in [0.1, 0.15) is 55.2 Å². The maximum absolute atomic E-state index is 13.7. The van der Waals surface area contributed by atoms with Crippen LogP contribution in [-0.2, 0) is 0 Å². The largest absolute Gasteiger partial charge is 0.478 e. The maximum Gasteiger partial charge on any atom is 0.335 e. The summed E-state index contributed by atoms with van der Waals surface area (Å²) >= 11 is 6.57. The number of carboxylic acid groups (broad SMARTS) is 1. The number of aromatic carboxylic acids is 1. The Hall–Kier alpha value is -3.64. The van der Waals surface area contributed by atoms with Gasteiger partial charge in [-0.25, -0.2) is 9.18 Å². The molecule has 5 nitrogen and oxygen atoms in total. The molecule has 4 N–H and O–H groups in total. The molecule has 4 rings (SSSR count). The van der Waals surface area contributed by atoms with Gasteiger partial charge in [0, 0.05) is 50.4 Å². The van der Waals surface area contributed by atoms with Gasteiger partial charge < -0.3 is 20.8 Å². The second kappa shape index (κ2) is 10.1. The normalized spacial score (nSPS) is 10.8. The number of anilines is 1. The summed E-state index contributed by atoms with van der Waals surface area (Å²) < 4.78 is 15.7. The first-order valence-corrected chi connectivity index (χ1v) is 11.4. The molecule has 0 atom stereocenters. The lowest BCUT2D eigenvalue weighted by Gasteiger charge is -2.16. The highest BCUT2D eigenvalue weighted by Gasteiger charge is 2.24. The zero-order valence-electron chi connectivity index (χ0n) is 19.5.